The van der Waals surface area contributed by atoms with Crippen LogP contribution in [0.3, 0.4) is 0 Å². The van der Waals surface area contributed by atoms with Crippen molar-refractivity contribution in [2.75, 3.05) is 30.8 Å². The van der Waals surface area contributed by atoms with E-state index in [9.17, 15) is 9.59 Å². The average molecular weight is 361 g/mol. The molecular weight excluding hydrogens is 338 g/mol. The lowest BCUT2D eigenvalue weighted by Crippen LogP contribution is -3.11. The van der Waals surface area contributed by atoms with Crippen molar-refractivity contribution < 1.29 is 14.5 Å². The summed E-state index contributed by atoms with van der Waals surface area (Å²) < 4.78 is 0. The lowest BCUT2D eigenvalue weighted by molar-refractivity contribution is -0.862. The fourth-order valence-corrected chi connectivity index (χ4v) is 2.57. The van der Waals surface area contributed by atoms with Crippen LogP contribution in [0, 0.1) is 13.8 Å². The summed E-state index contributed by atoms with van der Waals surface area (Å²) in [5, 5.41) is 6.10. The number of para-hydroxylation sites is 1. The molecule has 0 fully saturated rings. The molecule has 0 saturated heterocycles. The van der Waals surface area contributed by atoms with Gasteiger partial charge in [0.2, 0.25) is 0 Å². The van der Waals surface area contributed by atoms with Gasteiger partial charge in [-0.3, -0.25) is 9.59 Å². The van der Waals surface area contributed by atoms with Crippen LogP contribution in [0.4, 0.5) is 11.4 Å². The highest BCUT2D eigenvalue weighted by atomic mass is 35.5. The van der Waals surface area contributed by atoms with Crippen molar-refractivity contribution in [3.05, 3.63) is 58.6 Å². The molecule has 0 aliphatic carbocycles. The third-order valence-electron chi connectivity index (χ3n) is 3.86. The van der Waals surface area contributed by atoms with Crippen molar-refractivity contribution in [2.45, 2.75) is 13.8 Å². The summed E-state index contributed by atoms with van der Waals surface area (Å²) in [6, 6.07) is 12.8. The van der Waals surface area contributed by atoms with Crippen molar-refractivity contribution in [1.29, 1.82) is 0 Å². The smallest absolute Gasteiger partial charge is 0.279 e. The van der Waals surface area contributed by atoms with E-state index in [1.165, 1.54) is 5.56 Å². The number of hydrogen-bond donors (Lipinski definition) is 3. The van der Waals surface area contributed by atoms with Crippen LogP contribution in [0.5, 0.6) is 0 Å². The van der Waals surface area contributed by atoms with Gasteiger partial charge in [-0.15, -0.1) is 0 Å². The molecule has 0 spiro atoms. The highest BCUT2D eigenvalue weighted by Crippen LogP contribution is 2.19. The lowest BCUT2D eigenvalue weighted by Gasteiger charge is -2.14. The lowest BCUT2D eigenvalue weighted by atomic mass is 10.1. The molecule has 0 bridgehead atoms. The van der Waals surface area contributed by atoms with Gasteiger partial charge < -0.3 is 15.5 Å². The maximum atomic E-state index is 12.1. The highest BCUT2D eigenvalue weighted by molar-refractivity contribution is 6.33. The molecule has 3 N–H and O–H groups in total. The van der Waals surface area contributed by atoms with Crippen LogP contribution in [-0.2, 0) is 9.59 Å². The number of carbonyl (C=O) groups is 2. The van der Waals surface area contributed by atoms with Gasteiger partial charge in [0.15, 0.2) is 13.1 Å². The van der Waals surface area contributed by atoms with Crippen LogP contribution >= 0.6 is 11.6 Å². The summed E-state index contributed by atoms with van der Waals surface area (Å²) in [5.74, 6) is -0.323. The number of amides is 2. The number of benzene rings is 2. The number of hydrogen-bond acceptors (Lipinski definition) is 2. The SMILES string of the molecule is Cc1ccc(NC(=O)C[NH+](C)CC(=O)Nc2ccccc2Cl)cc1C. The number of rotatable bonds is 6. The minimum absolute atomic E-state index is 0.133. The fourth-order valence-electron chi connectivity index (χ4n) is 2.39. The monoisotopic (exact) mass is 360 g/mol. The molecule has 2 amide bonds. The Morgan fingerprint density at radius 1 is 0.960 bits per heavy atom. The van der Waals surface area contributed by atoms with Gasteiger partial charge in [-0.05, 0) is 49.2 Å². The van der Waals surface area contributed by atoms with Gasteiger partial charge in [-0.2, -0.15) is 0 Å². The van der Waals surface area contributed by atoms with E-state index in [1.54, 1.807) is 31.3 Å². The number of aryl methyl sites for hydroxylation is 2. The van der Waals surface area contributed by atoms with Crippen LogP contribution in [-0.4, -0.2) is 32.0 Å². The maximum absolute atomic E-state index is 12.1. The molecule has 132 valence electrons. The number of likely N-dealkylation sites (N-methyl/N-ethyl adjacent to an activating group) is 1. The topological polar surface area (TPSA) is 62.6 Å². The molecule has 0 aliphatic heterocycles. The molecular formula is C19H23ClN3O2+. The zero-order valence-corrected chi connectivity index (χ0v) is 15.4. The Balaban J connectivity index is 1.83. The molecule has 1 atom stereocenters. The second-order valence-electron chi connectivity index (χ2n) is 6.19. The van der Waals surface area contributed by atoms with Gasteiger partial charge >= 0.3 is 0 Å². The zero-order chi connectivity index (χ0) is 18.4. The standard InChI is InChI=1S/C19H22ClN3O2/c1-13-8-9-15(10-14(13)2)21-18(24)11-23(3)12-19(25)22-17-7-5-4-6-16(17)20/h4-10H,11-12H2,1-3H3,(H,21,24)(H,22,25)/p+1. The Morgan fingerprint density at radius 3 is 2.24 bits per heavy atom. The van der Waals surface area contributed by atoms with Gasteiger partial charge in [0.1, 0.15) is 0 Å². The quantitative estimate of drug-likeness (QED) is 0.738. The first-order chi connectivity index (χ1) is 11.8. The second kappa shape index (κ2) is 8.65. The van der Waals surface area contributed by atoms with Crippen LogP contribution in [0.2, 0.25) is 5.02 Å². The number of anilines is 2. The van der Waals surface area contributed by atoms with Crippen molar-refractivity contribution in [1.82, 2.24) is 0 Å². The van der Waals surface area contributed by atoms with Crippen molar-refractivity contribution >= 4 is 34.8 Å². The van der Waals surface area contributed by atoms with Crippen LogP contribution in [0.25, 0.3) is 0 Å². The predicted octanol–water partition coefficient (Wildman–Crippen LogP) is 2.05. The Labute approximate surface area is 153 Å². The summed E-state index contributed by atoms with van der Waals surface area (Å²) in [5.41, 5.74) is 3.64. The van der Waals surface area contributed by atoms with E-state index < -0.39 is 0 Å². The van der Waals surface area contributed by atoms with Gasteiger partial charge in [-0.25, -0.2) is 0 Å². The number of quaternary nitrogens is 1. The maximum Gasteiger partial charge on any atom is 0.279 e. The third kappa shape index (κ3) is 5.89. The van der Waals surface area contributed by atoms with E-state index >= 15 is 0 Å². The minimum atomic E-state index is -0.190. The molecule has 0 radical (unpaired) electrons. The summed E-state index contributed by atoms with van der Waals surface area (Å²) in [7, 11) is 1.80. The Bertz CT molecular complexity index is 777. The molecule has 2 aromatic carbocycles. The van der Waals surface area contributed by atoms with Crippen LogP contribution in [0.15, 0.2) is 42.5 Å². The summed E-state index contributed by atoms with van der Waals surface area (Å²) in [6.45, 7) is 4.40. The first kappa shape index (κ1) is 19.0. The van der Waals surface area contributed by atoms with Crippen LogP contribution < -0.4 is 15.5 Å². The minimum Gasteiger partial charge on any atom is -0.322 e. The number of carbonyl (C=O) groups excluding carboxylic acids is 2. The van der Waals surface area contributed by atoms with Crippen molar-refractivity contribution in [3.8, 4) is 0 Å². The summed E-state index contributed by atoms with van der Waals surface area (Å²) >= 11 is 6.02. The van der Waals surface area contributed by atoms with E-state index in [2.05, 4.69) is 10.6 Å². The van der Waals surface area contributed by atoms with E-state index in [-0.39, 0.29) is 24.9 Å². The largest absolute Gasteiger partial charge is 0.322 e. The van der Waals surface area contributed by atoms with Crippen molar-refractivity contribution in [2.24, 2.45) is 0 Å². The van der Waals surface area contributed by atoms with Gasteiger partial charge in [0, 0.05) is 5.69 Å². The molecule has 0 aromatic heterocycles. The molecule has 6 heteroatoms. The fraction of sp³-hybridized carbons (Fsp3) is 0.263. The third-order valence-corrected chi connectivity index (χ3v) is 4.19. The normalized spacial score (nSPS) is 11.7. The molecule has 5 nitrogen and oxygen atoms in total. The molecule has 25 heavy (non-hydrogen) atoms. The Morgan fingerprint density at radius 2 is 1.60 bits per heavy atom. The molecule has 0 aliphatic rings. The number of nitrogens with one attached hydrogen (secondary N) is 3. The predicted molar refractivity (Wildman–Crippen MR) is 101 cm³/mol. The first-order valence-corrected chi connectivity index (χ1v) is 8.45. The highest BCUT2D eigenvalue weighted by Gasteiger charge is 2.15. The average Bonchev–Trinajstić information content (AvgIpc) is 2.52. The van der Waals surface area contributed by atoms with E-state index in [0.717, 1.165) is 16.2 Å². The Hall–Kier alpha value is -2.37. The van der Waals surface area contributed by atoms with E-state index in [0.29, 0.717) is 10.7 Å². The molecule has 2 rings (SSSR count). The zero-order valence-electron chi connectivity index (χ0n) is 14.7. The van der Waals surface area contributed by atoms with Gasteiger partial charge in [0.05, 0.1) is 17.8 Å². The van der Waals surface area contributed by atoms with Crippen LogP contribution in [0.1, 0.15) is 11.1 Å². The molecule has 2 aromatic rings. The molecule has 0 saturated carbocycles. The molecule has 0 heterocycles. The molecule has 1 unspecified atom stereocenters. The Kier molecular flexibility index (Phi) is 6.56. The summed E-state index contributed by atoms with van der Waals surface area (Å²) in [4.78, 5) is 25.0. The van der Waals surface area contributed by atoms with Gasteiger partial charge in [0.25, 0.3) is 11.8 Å². The van der Waals surface area contributed by atoms with Gasteiger partial charge in [-0.1, -0.05) is 29.8 Å². The summed E-state index contributed by atoms with van der Waals surface area (Å²) in [6.07, 6.45) is 0. The second-order valence-corrected chi connectivity index (χ2v) is 6.59. The van der Waals surface area contributed by atoms with E-state index in [1.807, 2.05) is 32.0 Å². The number of halogens is 1. The van der Waals surface area contributed by atoms with E-state index in [4.69, 9.17) is 11.6 Å². The van der Waals surface area contributed by atoms with Crippen molar-refractivity contribution in [3.63, 3.8) is 0 Å². The first-order valence-electron chi connectivity index (χ1n) is 8.08.